The normalized spacial score (nSPS) is 19.5. The van der Waals surface area contributed by atoms with Crippen molar-refractivity contribution in [2.45, 2.75) is 32.4 Å². The Hall–Kier alpha value is -1.73. The van der Waals surface area contributed by atoms with E-state index in [9.17, 15) is 4.79 Å². The number of likely N-dealkylation sites (tertiary alicyclic amines) is 1. The molecule has 1 atom stereocenters. The van der Waals surface area contributed by atoms with E-state index in [4.69, 9.17) is 5.73 Å². The molecule has 0 aliphatic carbocycles. The van der Waals surface area contributed by atoms with Gasteiger partial charge in [-0.05, 0) is 38.8 Å². The lowest BCUT2D eigenvalue weighted by molar-refractivity contribution is 0.164. The maximum atomic E-state index is 11.9. The van der Waals surface area contributed by atoms with Crippen LogP contribution in [0.15, 0.2) is 17.2 Å². The SMILES string of the molecule is CC(N)C1CCN(Cc2cc(=O)n3[nH]cnc3n2)CC1. The van der Waals surface area contributed by atoms with E-state index in [0.717, 1.165) is 31.6 Å². The number of piperidine rings is 1. The first-order valence-corrected chi connectivity index (χ1v) is 7.03. The first kappa shape index (κ1) is 13.3. The number of nitrogens with one attached hydrogen (secondary N) is 1. The van der Waals surface area contributed by atoms with Crippen LogP contribution in [-0.4, -0.2) is 43.6 Å². The summed E-state index contributed by atoms with van der Waals surface area (Å²) < 4.78 is 1.34. The summed E-state index contributed by atoms with van der Waals surface area (Å²) in [7, 11) is 0. The highest BCUT2D eigenvalue weighted by Crippen LogP contribution is 2.20. The maximum absolute atomic E-state index is 11.9. The van der Waals surface area contributed by atoms with E-state index >= 15 is 0 Å². The minimum absolute atomic E-state index is 0.118. The summed E-state index contributed by atoms with van der Waals surface area (Å²) in [5.41, 5.74) is 6.61. The number of H-pyrrole nitrogens is 1. The summed E-state index contributed by atoms with van der Waals surface area (Å²) in [5.74, 6) is 1.04. The minimum Gasteiger partial charge on any atom is -0.328 e. The van der Waals surface area contributed by atoms with Crippen molar-refractivity contribution in [2.24, 2.45) is 11.7 Å². The molecule has 0 aromatic carbocycles. The van der Waals surface area contributed by atoms with Crippen molar-refractivity contribution >= 4 is 5.78 Å². The van der Waals surface area contributed by atoms with Crippen LogP contribution in [0.5, 0.6) is 0 Å². The second-order valence-electron chi connectivity index (χ2n) is 5.58. The number of rotatable bonds is 3. The van der Waals surface area contributed by atoms with Crippen LogP contribution in [0.25, 0.3) is 5.78 Å². The maximum Gasteiger partial charge on any atom is 0.274 e. The fraction of sp³-hybridized carbons (Fsp3) is 0.615. The summed E-state index contributed by atoms with van der Waals surface area (Å²) >= 11 is 0. The third kappa shape index (κ3) is 2.59. The summed E-state index contributed by atoms with van der Waals surface area (Å²) in [6, 6.07) is 1.84. The van der Waals surface area contributed by atoms with E-state index in [1.165, 1.54) is 10.8 Å². The quantitative estimate of drug-likeness (QED) is 0.821. The molecule has 0 amide bonds. The Morgan fingerprint density at radius 3 is 2.95 bits per heavy atom. The molecule has 20 heavy (non-hydrogen) atoms. The van der Waals surface area contributed by atoms with E-state index < -0.39 is 0 Å². The van der Waals surface area contributed by atoms with Gasteiger partial charge in [0, 0.05) is 18.7 Å². The van der Waals surface area contributed by atoms with Crippen molar-refractivity contribution in [1.82, 2.24) is 24.5 Å². The van der Waals surface area contributed by atoms with Crippen LogP contribution in [0.3, 0.4) is 0 Å². The van der Waals surface area contributed by atoms with E-state index in [2.05, 4.69) is 26.9 Å². The fourth-order valence-electron chi connectivity index (χ4n) is 2.82. The average molecular weight is 276 g/mol. The summed E-state index contributed by atoms with van der Waals surface area (Å²) in [6.45, 7) is 4.79. The number of fused-ring (bicyclic) bond motifs is 1. The number of nitrogens with two attached hydrogens (primary N) is 1. The molecular weight excluding hydrogens is 256 g/mol. The van der Waals surface area contributed by atoms with Crippen molar-refractivity contribution in [2.75, 3.05) is 13.1 Å². The Labute approximate surface area is 116 Å². The molecule has 0 spiro atoms. The molecule has 7 heteroatoms. The topological polar surface area (TPSA) is 92.3 Å². The first-order chi connectivity index (χ1) is 9.63. The minimum atomic E-state index is -0.118. The smallest absolute Gasteiger partial charge is 0.274 e. The summed E-state index contributed by atoms with van der Waals surface area (Å²) in [5, 5.41) is 2.74. The Morgan fingerprint density at radius 1 is 1.50 bits per heavy atom. The van der Waals surface area contributed by atoms with Gasteiger partial charge in [0.05, 0.1) is 5.69 Å². The van der Waals surface area contributed by atoms with Crippen LogP contribution < -0.4 is 11.3 Å². The molecule has 1 fully saturated rings. The highest BCUT2D eigenvalue weighted by molar-refractivity contribution is 5.25. The lowest BCUT2D eigenvalue weighted by Gasteiger charge is -2.33. The lowest BCUT2D eigenvalue weighted by Crippen LogP contribution is -2.39. The number of aromatic amines is 1. The molecule has 0 saturated carbocycles. The van der Waals surface area contributed by atoms with Gasteiger partial charge >= 0.3 is 0 Å². The van der Waals surface area contributed by atoms with E-state index in [1.54, 1.807) is 6.07 Å². The van der Waals surface area contributed by atoms with E-state index in [1.807, 2.05) is 0 Å². The zero-order valence-electron chi connectivity index (χ0n) is 11.6. The van der Waals surface area contributed by atoms with Crippen LogP contribution in [0.4, 0.5) is 0 Å². The molecule has 2 aromatic heterocycles. The van der Waals surface area contributed by atoms with Gasteiger partial charge in [-0.1, -0.05) is 0 Å². The number of hydrogen-bond donors (Lipinski definition) is 2. The van der Waals surface area contributed by atoms with E-state index in [0.29, 0.717) is 18.2 Å². The van der Waals surface area contributed by atoms with Crippen molar-refractivity contribution in [1.29, 1.82) is 0 Å². The Morgan fingerprint density at radius 2 is 2.25 bits per heavy atom. The van der Waals surface area contributed by atoms with Gasteiger partial charge in [-0.3, -0.25) is 14.8 Å². The van der Waals surface area contributed by atoms with Gasteiger partial charge < -0.3 is 5.73 Å². The van der Waals surface area contributed by atoms with Crippen molar-refractivity contribution in [3.8, 4) is 0 Å². The first-order valence-electron chi connectivity index (χ1n) is 7.03. The van der Waals surface area contributed by atoms with Crippen molar-refractivity contribution < 1.29 is 0 Å². The highest BCUT2D eigenvalue weighted by atomic mass is 16.1. The zero-order chi connectivity index (χ0) is 14.1. The zero-order valence-corrected chi connectivity index (χ0v) is 11.6. The monoisotopic (exact) mass is 276 g/mol. The Kier molecular flexibility index (Phi) is 3.54. The Bertz CT molecular complexity index is 638. The molecule has 7 nitrogen and oxygen atoms in total. The molecule has 1 aliphatic heterocycles. The van der Waals surface area contributed by atoms with Gasteiger partial charge in [-0.2, -0.15) is 4.52 Å². The molecule has 0 bridgehead atoms. The fourth-order valence-corrected chi connectivity index (χ4v) is 2.82. The number of nitrogens with zero attached hydrogens (tertiary/aromatic N) is 4. The van der Waals surface area contributed by atoms with Gasteiger partial charge in [-0.25, -0.2) is 9.97 Å². The Balaban J connectivity index is 1.70. The molecule has 108 valence electrons. The molecule has 0 radical (unpaired) electrons. The van der Waals surface area contributed by atoms with E-state index in [-0.39, 0.29) is 11.6 Å². The van der Waals surface area contributed by atoms with Gasteiger partial charge in [0.25, 0.3) is 11.3 Å². The molecule has 2 aromatic rings. The second-order valence-corrected chi connectivity index (χ2v) is 5.58. The second kappa shape index (κ2) is 5.34. The van der Waals surface area contributed by atoms with Crippen LogP contribution in [0.2, 0.25) is 0 Å². The molecule has 1 saturated heterocycles. The van der Waals surface area contributed by atoms with Crippen molar-refractivity contribution in [3.05, 3.63) is 28.4 Å². The standard InChI is InChI=1S/C13H20N6O/c1-9(14)10-2-4-18(5-3-10)7-11-6-12(20)19-13(17-11)15-8-16-19/h6,8-10H,2-5,7,14H2,1H3,(H,15,16,17). The molecular formula is C13H20N6O. The molecule has 1 unspecified atom stereocenters. The van der Waals surface area contributed by atoms with Crippen LogP contribution in [-0.2, 0) is 6.54 Å². The predicted octanol–water partition coefficient (Wildman–Crippen LogP) is -0.0232. The molecule has 3 heterocycles. The largest absolute Gasteiger partial charge is 0.328 e. The summed E-state index contributed by atoms with van der Waals surface area (Å²) in [4.78, 5) is 22.6. The number of aromatic nitrogens is 4. The predicted molar refractivity (Wildman–Crippen MR) is 75.3 cm³/mol. The average Bonchev–Trinajstić information content (AvgIpc) is 2.88. The van der Waals surface area contributed by atoms with Crippen LogP contribution >= 0.6 is 0 Å². The molecule has 1 aliphatic rings. The van der Waals surface area contributed by atoms with Gasteiger partial charge in [0.1, 0.15) is 6.33 Å². The lowest BCUT2D eigenvalue weighted by atomic mass is 9.91. The van der Waals surface area contributed by atoms with Gasteiger partial charge in [0.15, 0.2) is 0 Å². The third-order valence-corrected chi connectivity index (χ3v) is 4.08. The number of hydrogen-bond acceptors (Lipinski definition) is 5. The van der Waals surface area contributed by atoms with Crippen LogP contribution in [0, 0.1) is 5.92 Å². The van der Waals surface area contributed by atoms with Crippen molar-refractivity contribution in [3.63, 3.8) is 0 Å². The van der Waals surface area contributed by atoms with Crippen LogP contribution in [0.1, 0.15) is 25.5 Å². The van der Waals surface area contributed by atoms with Gasteiger partial charge in [0.2, 0.25) is 0 Å². The molecule has 3 N–H and O–H groups in total. The third-order valence-electron chi connectivity index (χ3n) is 4.08. The van der Waals surface area contributed by atoms with Gasteiger partial charge in [-0.15, -0.1) is 0 Å². The molecule has 3 rings (SSSR count). The highest BCUT2D eigenvalue weighted by Gasteiger charge is 2.22. The summed E-state index contributed by atoms with van der Waals surface area (Å²) in [6.07, 6.45) is 3.70.